The first-order valence-corrected chi connectivity index (χ1v) is 26.0. The number of halogens is 6. The highest BCUT2D eigenvalue weighted by atomic mass is 35.5. The van der Waals surface area contributed by atoms with E-state index in [4.69, 9.17) is 41.5 Å². The van der Waals surface area contributed by atoms with Crippen molar-refractivity contribution in [3.63, 3.8) is 0 Å². The van der Waals surface area contributed by atoms with Crippen LogP contribution in [0.1, 0.15) is 79.8 Å². The van der Waals surface area contributed by atoms with Crippen LogP contribution in [0.4, 0.5) is 33.6 Å². The molecule has 1 aliphatic carbocycles. The van der Waals surface area contributed by atoms with E-state index in [1.165, 1.54) is 13.0 Å². The van der Waals surface area contributed by atoms with Gasteiger partial charge in [0.05, 0.1) is 57.5 Å². The maximum Gasteiger partial charge on any atom is 0.418 e. The number of nitrogens with zero attached hydrogens (tertiary/aromatic N) is 8. The number of aliphatic hydroxyl groups is 1. The molecular weight excluding hydrogens is 1030 g/mol. The number of rotatable bonds is 13. The van der Waals surface area contributed by atoms with E-state index >= 15 is 4.39 Å². The molecule has 1 amide bonds. The number of ether oxygens (including phenoxy) is 3. The van der Waals surface area contributed by atoms with Gasteiger partial charge >= 0.3 is 18.2 Å². The molecule has 2 saturated heterocycles. The van der Waals surface area contributed by atoms with Crippen LogP contribution < -0.4 is 25.7 Å². The average Bonchev–Trinajstić information content (AvgIpc) is 3.95. The van der Waals surface area contributed by atoms with Gasteiger partial charge in [0.2, 0.25) is 0 Å². The molecule has 404 valence electrons. The normalized spacial score (nSPS) is 20.8. The Balaban J connectivity index is 0.833. The predicted molar refractivity (Wildman–Crippen MR) is 277 cm³/mol. The van der Waals surface area contributed by atoms with Crippen molar-refractivity contribution in [2.24, 2.45) is 5.41 Å². The van der Waals surface area contributed by atoms with E-state index in [0.29, 0.717) is 55.1 Å². The van der Waals surface area contributed by atoms with Crippen LogP contribution in [-0.4, -0.2) is 116 Å². The summed E-state index contributed by atoms with van der Waals surface area (Å²) in [6, 6.07) is 8.69. The summed E-state index contributed by atoms with van der Waals surface area (Å²) in [6.07, 6.45) is -3.19. The Hall–Kier alpha value is -6.97. The van der Waals surface area contributed by atoms with E-state index in [1.54, 1.807) is 34.6 Å². The Morgan fingerprint density at radius 1 is 1.00 bits per heavy atom. The van der Waals surface area contributed by atoms with Crippen LogP contribution >= 0.6 is 11.6 Å². The second kappa shape index (κ2) is 19.2. The second-order valence-electron chi connectivity index (χ2n) is 21.0. The molecular formula is C55H55ClF5N9O7. The molecule has 0 unspecified atom stereocenters. The summed E-state index contributed by atoms with van der Waals surface area (Å²) < 4.78 is 94.3. The number of alkyl halides is 4. The van der Waals surface area contributed by atoms with Gasteiger partial charge in [0.1, 0.15) is 42.3 Å². The first kappa shape index (κ1) is 52.1. The number of likely N-dealkylation sites (tertiary alicyclic amines) is 1. The number of hydrogen-bond acceptors (Lipinski definition) is 14. The number of carbonyl (C=O) groups is 2. The Labute approximate surface area is 443 Å². The summed E-state index contributed by atoms with van der Waals surface area (Å²) in [5.74, 6) is -1.99. The first-order chi connectivity index (χ1) is 36.6. The van der Waals surface area contributed by atoms with Gasteiger partial charge in [0.25, 0.3) is 11.5 Å². The van der Waals surface area contributed by atoms with E-state index in [2.05, 4.69) is 16.5 Å². The number of cyclic esters (lactones) is 1. The zero-order valence-corrected chi connectivity index (χ0v) is 43.5. The number of nitrogen functional groups attached to an aromatic ring is 1. The molecule has 0 spiro atoms. The lowest BCUT2D eigenvalue weighted by Crippen LogP contribution is -2.54. The van der Waals surface area contributed by atoms with E-state index in [1.807, 2.05) is 29.7 Å². The van der Waals surface area contributed by atoms with Crippen molar-refractivity contribution in [2.45, 2.75) is 96.9 Å². The van der Waals surface area contributed by atoms with Crippen LogP contribution in [-0.2, 0) is 45.7 Å². The summed E-state index contributed by atoms with van der Waals surface area (Å²) in [7, 11) is 0. The molecule has 6 aromatic rings. The zero-order chi connectivity index (χ0) is 54.6. The van der Waals surface area contributed by atoms with E-state index < -0.39 is 52.6 Å². The number of aryl methyl sites for hydroxylation is 2. The van der Waals surface area contributed by atoms with Crippen molar-refractivity contribution in [2.75, 3.05) is 63.1 Å². The number of nitrogens with two attached hydrogens (primary N) is 1. The zero-order valence-electron chi connectivity index (χ0n) is 42.8. The highest BCUT2D eigenvalue weighted by Crippen LogP contribution is 2.49. The summed E-state index contributed by atoms with van der Waals surface area (Å²) in [4.78, 5) is 64.2. The minimum atomic E-state index is -4.95. The molecule has 2 aromatic carbocycles. The SMILES string of the molecule is C=C(COc1ccc2nc3c(c(CC)c2c1)Cn1c-3cc2c(c1=O)COC(=O)[C@]2(O)CC)C(=O)N1CCN(c2nc(OCC3(CN4CC[C@@H](F)C4)CC3)nc3c(F)c(-c4nc(N)cc(C)c4C(F)(F)F)c(Cl)cc23)[C@@H](C)C1. The molecule has 77 heavy (non-hydrogen) atoms. The van der Waals surface area contributed by atoms with E-state index in [-0.39, 0.29) is 125 Å². The van der Waals surface area contributed by atoms with Crippen molar-refractivity contribution in [1.29, 1.82) is 0 Å². The van der Waals surface area contributed by atoms with Crippen molar-refractivity contribution in [1.82, 2.24) is 34.3 Å². The smallest absolute Gasteiger partial charge is 0.418 e. The van der Waals surface area contributed by atoms with Gasteiger partial charge in [-0.1, -0.05) is 32.0 Å². The highest BCUT2D eigenvalue weighted by Gasteiger charge is 2.48. The lowest BCUT2D eigenvalue weighted by Gasteiger charge is -2.41. The van der Waals surface area contributed by atoms with Crippen molar-refractivity contribution < 1.29 is 50.9 Å². The molecule has 0 bridgehead atoms. The van der Waals surface area contributed by atoms with Gasteiger partial charge < -0.3 is 39.4 Å². The van der Waals surface area contributed by atoms with E-state index in [9.17, 15) is 37.1 Å². The maximum atomic E-state index is 17.2. The minimum Gasteiger partial charge on any atom is -0.489 e. The molecule has 3 N–H and O–H groups in total. The summed E-state index contributed by atoms with van der Waals surface area (Å²) in [6.45, 7) is 12.8. The fraction of sp³-hybridized carbons (Fsp3) is 0.436. The third kappa shape index (κ3) is 9.06. The predicted octanol–water partition coefficient (Wildman–Crippen LogP) is 8.22. The van der Waals surface area contributed by atoms with Crippen LogP contribution in [0.3, 0.4) is 0 Å². The molecule has 3 atom stereocenters. The number of anilines is 2. The summed E-state index contributed by atoms with van der Waals surface area (Å²) in [5.41, 5.74) is 4.14. The van der Waals surface area contributed by atoms with Gasteiger partial charge in [-0.05, 0) is 93.5 Å². The number of hydrogen-bond donors (Lipinski definition) is 2. The molecule has 4 aliphatic heterocycles. The van der Waals surface area contributed by atoms with Gasteiger partial charge in [-0.15, -0.1) is 0 Å². The summed E-state index contributed by atoms with van der Waals surface area (Å²) >= 11 is 6.74. The first-order valence-electron chi connectivity index (χ1n) is 25.6. The highest BCUT2D eigenvalue weighted by molar-refractivity contribution is 6.34. The second-order valence-corrected chi connectivity index (χ2v) is 21.4. The fourth-order valence-electron chi connectivity index (χ4n) is 11.6. The van der Waals surface area contributed by atoms with Crippen LogP contribution in [0.5, 0.6) is 11.8 Å². The lowest BCUT2D eigenvalue weighted by atomic mass is 9.86. The van der Waals surface area contributed by atoms with Crippen LogP contribution in [0.15, 0.2) is 53.3 Å². The number of carbonyl (C=O) groups excluding carboxylic acids is 2. The number of benzene rings is 2. The van der Waals surface area contributed by atoms with Crippen molar-refractivity contribution in [3.8, 4) is 34.4 Å². The largest absolute Gasteiger partial charge is 0.489 e. The van der Waals surface area contributed by atoms with Crippen LogP contribution in [0.25, 0.3) is 44.5 Å². The number of pyridine rings is 3. The van der Waals surface area contributed by atoms with Gasteiger partial charge in [-0.25, -0.2) is 23.5 Å². The minimum absolute atomic E-state index is 0.0250. The fourth-order valence-corrected chi connectivity index (χ4v) is 11.9. The topological polar surface area (TPSA) is 191 Å². The molecule has 5 aliphatic rings. The molecule has 11 rings (SSSR count). The number of aromatic nitrogens is 5. The molecule has 4 aromatic heterocycles. The van der Waals surface area contributed by atoms with Crippen molar-refractivity contribution >= 4 is 56.9 Å². The molecule has 3 fully saturated rings. The van der Waals surface area contributed by atoms with E-state index in [0.717, 1.165) is 35.4 Å². The Morgan fingerprint density at radius 3 is 2.47 bits per heavy atom. The monoisotopic (exact) mass is 1080 g/mol. The molecule has 8 heterocycles. The number of amides is 1. The Morgan fingerprint density at radius 2 is 1.78 bits per heavy atom. The third-order valence-corrected chi connectivity index (χ3v) is 16.2. The number of fused-ring (bicyclic) bond motifs is 6. The number of piperazine rings is 1. The average molecular weight is 1080 g/mol. The van der Waals surface area contributed by atoms with Gasteiger partial charge in [0, 0.05) is 78.2 Å². The van der Waals surface area contributed by atoms with Gasteiger partial charge in [-0.2, -0.15) is 23.1 Å². The Bertz CT molecular complexity index is 3550. The third-order valence-electron chi connectivity index (χ3n) is 15.9. The molecule has 16 nitrogen and oxygen atoms in total. The molecule has 1 saturated carbocycles. The van der Waals surface area contributed by atoms with Gasteiger partial charge in [-0.3, -0.25) is 14.5 Å². The standard InChI is InChI=1S/C55H55ClF5N9O7/c1-6-32-33-17-31(8-9-39(33)63-45-35(32)22-70-40(45)19-37-36(50(70)72)24-76-51(73)54(37,74)7-2)75-23-28(4)49(71)68-14-15-69(29(5)20-68)48-34-18-38(56)42(47-43(55(59,60)61)27(3)16-41(62)64-47)44(58)46(34)65-52(66-48)77-26-53(11-12-53)25-67-13-10-30(57)21-67/h8-9,16-19,29-30,74H,4,6-7,10-15,20-26H2,1-3,5H3,(H2,62,64)/t29-,30+,54-/m0/s1. The lowest BCUT2D eigenvalue weighted by molar-refractivity contribution is -0.172. The Kier molecular flexibility index (Phi) is 13.0. The maximum absolute atomic E-state index is 17.2. The molecule has 22 heteroatoms. The quantitative estimate of drug-likeness (QED) is 0.0638. The van der Waals surface area contributed by atoms with Crippen LogP contribution in [0, 0.1) is 18.2 Å². The summed E-state index contributed by atoms with van der Waals surface area (Å²) in [5, 5.41) is 11.8. The number of esters is 1. The van der Waals surface area contributed by atoms with Crippen LogP contribution in [0.2, 0.25) is 5.02 Å². The van der Waals surface area contributed by atoms with Gasteiger partial charge in [0.15, 0.2) is 11.4 Å². The van der Waals surface area contributed by atoms with Crippen molar-refractivity contribution in [3.05, 3.63) is 103 Å². The molecule has 0 radical (unpaired) electrons.